The van der Waals surface area contributed by atoms with Gasteiger partial charge in [0, 0.05) is 42.5 Å². The smallest absolute Gasteiger partial charge is 0.281 e. The Morgan fingerprint density at radius 1 is 1.09 bits per heavy atom. The number of pyridine rings is 2. The topological polar surface area (TPSA) is 140 Å². The minimum atomic E-state index is -4.18. The van der Waals surface area contributed by atoms with Gasteiger partial charge in [-0.2, -0.15) is 8.42 Å². The predicted molar refractivity (Wildman–Crippen MR) is 161 cm³/mol. The lowest BCUT2D eigenvalue weighted by Crippen LogP contribution is -2.37. The van der Waals surface area contributed by atoms with Crippen LogP contribution in [-0.2, 0) is 10.0 Å². The lowest BCUT2D eigenvalue weighted by Gasteiger charge is -2.20. The molecule has 4 fully saturated rings. The van der Waals surface area contributed by atoms with Gasteiger partial charge in [-0.05, 0) is 100 Å². The highest BCUT2D eigenvalue weighted by Crippen LogP contribution is 2.92. The Morgan fingerprint density at radius 3 is 2.56 bits per heavy atom. The van der Waals surface area contributed by atoms with Crippen LogP contribution in [0, 0.1) is 16.7 Å². The lowest BCUT2D eigenvalue weighted by molar-refractivity contribution is 0.0981. The Morgan fingerprint density at radius 2 is 1.88 bits per heavy atom. The van der Waals surface area contributed by atoms with Crippen molar-refractivity contribution in [2.75, 3.05) is 18.5 Å². The first-order chi connectivity index (χ1) is 20.6. The van der Waals surface area contributed by atoms with Crippen LogP contribution in [0.5, 0.6) is 5.88 Å². The number of rotatable bonds is 12. The fourth-order valence-corrected chi connectivity index (χ4v) is 8.31. The molecule has 4 heterocycles. The maximum Gasteiger partial charge on any atom is 0.281 e. The molecule has 7 rings (SSSR count). The molecule has 1 unspecified atom stereocenters. The highest BCUT2D eigenvalue weighted by Gasteiger charge is 2.86. The molecule has 1 atom stereocenters. The van der Waals surface area contributed by atoms with Crippen molar-refractivity contribution in [3.05, 3.63) is 54.4 Å². The molecule has 3 aromatic heterocycles. The summed E-state index contributed by atoms with van der Waals surface area (Å²) < 4.78 is 35.6. The Balaban J connectivity index is 0.905. The van der Waals surface area contributed by atoms with Crippen molar-refractivity contribution >= 4 is 21.7 Å². The maximum atomic E-state index is 12.9. The van der Waals surface area contributed by atoms with Crippen LogP contribution in [0.25, 0.3) is 5.82 Å². The normalized spacial score (nSPS) is 22.4. The fraction of sp³-hybridized carbons (Fsp3) is 0.548. The quantitative estimate of drug-likeness (QED) is 0.261. The number of carbonyl (C=O) groups excluding carboxylic acids is 1. The molecule has 11 nitrogen and oxygen atoms in total. The Labute approximate surface area is 252 Å². The number of fused-ring (bicyclic) bond motifs is 1. The Kier molecular flexibility index (Phi) is 6.77. The van der Waals surface area contributed by atoms with Crippen LogP contribution in [0.3, 0.4) is 0 Å². The zero-order chi connectivity index (χ0) is 29.9. The average Bonchev–Trinajstić information content (AvgIpc) is 3.94. The third-order valence-corrected chi connectivity index (χ3v) is 11.2. The highest BCUT2D eigenvalue weighted by atomic mass is 32.2. The van der Waals surface area contributed by atoms with Crippen LogP contribution < -0.4 is 20.1 Å². The SMILES string of the molecule is CC1(C)CCC(CCCNc2cccc(S(=O)(=O)NC(=O)c3ccc(-n4ccc(OCC5C6(CC6)C56CC6)n4)nc3)n2)N1. The van der Waals surface area contributed by atoms with Gasteiger partial charge in [-0.15, -0.1) is 5.10 Å². The number of carbonyl (C=O) groups is 1. The maximum absolute atomic E-state index is 12.9. The van der Waals surface area contributed by atoms with Gasteiger partial charge in [0.15, 0.2) is 10.8 Å². The van der Waals surface area contributed by atoms with E-state index in [1.807, 2.05) is 0 Å². The number of anilines is 1. The molecule has 0 bridgehead atoms. The van der Waals surface area contributed by atoms with E-state index in [0.717, 1.165) is 19.3 Å². The van der Waals surface area contributed by atoms with E-state index in [0.29, 0.717) is 53.5 Å². The molecule has 2 spiro atoms. The van der Waals surface area contributed by atoms with Gasteiger partial charge in [-0.1, -0.05) is 6.07 Å². The van der Waals surface area contributed by atoms with Crippen molar-refractivity contribution in [3.8, 4) is 11.7 Å². The minimum Gasteiger partial charge on any atom is -0.476 e. The van der Waals surface area contributed by atoms with Crippen LogP contribution in [0.15, 0.2) is 53.8 Å². The fourth-order valence-electron chi connectivity index (χ4n) is 7.37. The monoisotopic (exact) mass is 605 g/mol. The summed E-state index contributed by atoms with van der Waals surface area (Å²) in [6.07, 6.45) is 12.8. The van der Waals surface area contributed by atoms with Crippen molar-refractivity contribution in [2.45, 2.75) is 81.8 Å². The molecule has 3 N–H and O–H groups in total. The molecule has 3 aromatic rings. The molecule has 0 aromatic carbocycles. The third-order valence-electron chi connectivity index (χ3n) is 10.0. The van der Waals surface area contributed by atoms with Gasteiger partial charge in [0.1, 0.15) is 5.82 Å². The van der Waals surface area contributed by atoms with E-state index in [1.54, 1.807) is 35.1 Å². The number of amides is 1. The van der Waals surface area contributed by atoms with Gasteiger partial charge in [0.2, 0.25) is 5.88 Å². The first kappa shape index (κ1) is 28.3. The second-order valence-electron chi connectivity index (χ2n) is 13.3. The number of nitrogens with zero attached hydrogens (tertiary/aromatic N) is 4. The van der Waals surface area contributed by atoms with E-state index in [2.05, 4.69) is 44.3 Å². The summed E-state index contributed by atoms with van der Waals surface area (Å²) in [7, 11) is -4.18. The molecule has 3 aliphatic carbocycles. The zero-order valence-corrected chi connectivity index (χ0v) is 25.5. The van der Waals surface area contributed by atoms with Crippen molar-refractivity contribution in [2.24, 2.45) is 16.7 Å². The largest absolute Gasteiger partial charge is 0.476 e. The molecule has 12 heteroatoms. The van der Waals surface area contributed by atoms with Gasteiger partial charge < -0.3 is 15.4 Å². The third kappa shape index (κ3) is 5.50. The van der Waals surface area contributed by atoms with E-state index in [4.69, 9.17) is 4.74 Å². The second kappa shape index (κ2) is 10.3. The summed E-state index contributed by atoms with van der Waals surface area (Å²) in [6.45, 7) is 5.82. The Hall–Kier alpha value is -3.51. The summed E-state index contributed by atoms with van der Waals surface area (Å²) in [4.78, 5) is 21.3. The summed E-state index contributed by atoms with van der Waals surface area (Å²) in [5.74, 6) is 1.37. The highest BCUT2D eigenvalue weighted by molar-refractivity contribution is 7.90. The van der Waals surface area contributed by atoms with Crippen LogP contribution in [0.4, 0.5) is 5.82 Å². The average molecular weight is 606 g/mol. The molecule has 3 saturated carbocycles. The summed E-state index contributed by atoms with van der Waals surface area (Å²) in [6, 6.07) is 10.1. The van der Waals surface area contributed by atoms with Gasteiger partial charge in [-0.3, -0.25) is 4.79 Å². The second-order valence-corrected chi connectivity index (χ2v) is 14.9. The number of hydrogen-bond donors (Lipinski definition) is 3. The number of sulfonamides is 1. The molecule has 1 amide bonds. The molecule has 228 valence electrons. The van der Waals surface area contributed by atoms with Gasteiger partial charge in [0.05, 0.1) is 12.2 Å². The number of aromatic nitrogens is 4. The first-order valence-electron chi connectivity index (χ1n) is 15.3. The van der Waals surface area contributed by atoms with Gasteiger partial charge in [0.25, 0.3) is 15.9 Å². The Bertz CT molecular complexity index is 1610. The molecular weight excluding hydrogens is 566 g/mol. The molecule has 4 aliphatic rings. The number of ether oxygens (including phenoxy) is 1. The molecule has 0 radical (unpaired) electrons. The van der Waals surface area contributed by atoms with Crippen molar-refractivity contribution in [1.29, 1.82) is 0 Å². The number of hydrogen-bond acceptors (Lipinski definition) is 9. The van der Waals surface area contributed by atoms with E-state index in [-0.39, 0.29) is 16.1 Å². The van der Waals surface area contributed by atoms with E-state index < -0.39 is 15.9 Å². The van der Waals surface area contributed by atoms with E-state index in [1.165, 1.54) is 50.4 Å². The molecule has 43 heavy (non-hydrogen) atoms. The summed E-state index contributed by atoms with van der Waals surface area (Å²) in [5, 5.41) is 11.1. The number of nitrogens with one attached hydrogen (secondary N) is 3. The summed E-state index contributed by atoms with van der Waals surface area (Å²) >= 11 is 0. The van der Waals surface area contributed by atoms with Crippen LogP contribution in [0.2, 0.25) is 0 Å². The summed E-state index contributed by atoms with van der Waals surface area (Å²) in [5.41, 5.74) is 1.47. The lowest BCUT2D eigenvalue weighted by atomic mass is 10.0. The van der Waals surface area contributed by atoms with E-state index in [9.17, 15) is 13.2 Å². The van der Waals surface area contributed by atoms with Crippen LogP contribution in [-0.4, -0.2) is 58.8 Å². The molecule has 1 aliphatic heterocycles. The zero-order valence-electron chi connectivity index (χ0n) is 24.7. The minimum absolute atomic E-state index is 0.104. The van der Waals surface area contributed by atoms with Crippen LogP contribution >= 0.6 is 0 Å². The molecule has 1 saturated heterocycles. The predicted octanol–water partition coefficient (Wildman–Crippen LogP) is 4.07. The van der Waals surface area contributed by atoms with Crippen molar-refractivity contribution in [1.82, 2.24) is 29.8 Å². The van der Waals surface area contributed by atoms with Crippen molar-refractivity contribution in [3.63, 3.8) is 0 Å². The van der Waals surface area contributed by atoms with E-state index >= 15 is 0 Å². The van der Waals surface area contributed by atoms with Gasteiger partial charge in [-0.25, -0.2) is 19.4 Å². The van der Waals surface area contributed by atoms with Crippen LogP contribution in [0.1, 0.15) is 75.6 Å². The van der Waals surface area contributed by atoms with Gasteiger partial charge >= 0.3 is 0 Å². The molecular formula is C31H39N7O4S. The van der Waals surface area contributed by atoms with Crippen molar-refractivity contribution < 1.29 is 17.9 Å². The first-order valence-corrected chi connectivity index (χ1v) is 16.8. The standard InChI is InChI=1S/C31H39N7O4S/c1-29(2)12-10-22(35-29)5-4-17-32-24-6-3-7-27(34-24)43(40,41)37-28(39)21-8-9-25(33-19-21)38-18-11-26(36-38)42-20-23-30(13-14-30)31(23)15-16-31/h3,6-9,11,18-19,22-23,35H,4-5,10,12-17,20H2,1-2H3,(H,32,34)(H,37,39).